The Kier molecular flexibility index (Phi) is 5.33. The summed E-state index contributed by atoms with van der Waals surface area (Å²) >= 11 is 0. The van der Waals surface area contributed by atoms with Crippen LogP contribution in [0.25, 0.3) is 43.5 Å². The molecular weight excluding hydrogens is 439 g/mol. The van der Waals surface area contributed by atoms with Gasteiger partial charge in [-0.1, -0.05) is 54.6 Å². The van der Waals surface area contributed by atoms with Gasteiger partial charge in [0.1, 0.15) is 11.2 Å². The van der Waals surface area contributed by atoms with Gasteiger partial charge in [-0.15, -0.1) is 0 Å². The van der Waals surface area contributed by atoms with E-state index < -0.39 is 8.16 Å². The highest BCUT2D eigenvalue weighted by molar-refractivity contribution is 7.38. The van der Waals surface area contributed by atoms with Gasteiger partial charge in [0, 0.05) is 35.6 Å². The zero-order chi connectivity index (χ0) is 23.1. The Morgan fingerprint density at radius 3 is 1.85 bits per heavy atom. The lowest BCUT2D eigenvalue weighted by Crippen LogP contribution is -2.02. The van der Waals surface area contributed by atoms with E-state index in [1.165, 1.54) is 21.5 Å². The van der Waals surface area contributed by atoms with E-state index in [2.05, 4.69) is 84.6 Å². The molecular formula is C29H25N2O2P. The molecule has 1 N–H and O–H groups in total. The fourth-order valence-electron chi connectivity index (χ4n) is 4.74. The van der Waals surface area contributed by atoms with Gasteiger partial charge < -0.3 is 8.39 Å². The van der Waals surface area contributed by atoms with Gasteiger partial charge in [0.15, 0.2) is 0 Å². The summed E-state index contributed by atoms with van der Waals surface area (Å²) in [6.45, 7) is 4.96. The van der Waals surface area contributed by atoms with Crippen molar-refractivity contribution in [3.63, 3.8) is 0 Å². The minimum Gasteiger partial charge on any atom is -0.408 e. The quantitative estimate of drug-likeness (QED) is 0.285. The lowest BCUT2D eigenvalue weighted by Gasteiger charge is -2.08. The molecule has 0 fully saturated rings. The van der Waals surface area contributed by atoms with Crippen LogP contribution in [-0.2, 0) is 6.42 Å². The van der Waals surface area contributed by atoms with E-state index in [0.29, 0.717) is 6.54 Å². The average molecular weight is 465 g/mol. The number of nitrogens with zero attached hydrogens (tertiary/aromatic N) is 1. The standard InChI is InChI=1S/C29H25N2O2P/c1-19-17-21-9-3-5-12-24(21)26-27-25-13-6-4-10-22(25)18-20(2)29(27)33-34(32-28(19)26)31-16-14-23-11-7-8-15-30-23/h3-13,15,17-18,31H,14,16H2,1-2H3. The molecule has 4 nitrogen and oxygen atoms in total. The van der Waals surface area contributed by atoms with Crippen molar-refractivity contribution in [1.82, 2.24) is 4.98 Å². The molecule has 0 aliphatic heterocycles. The Morgan fingerprint density at radius 2 is 1.29 bits per heavy atom. The predicted molar refractivity (Wildman–Crippen MR) is 143 cm³/mol. The first-order chi connectivity index (χ1) is 16.7. The van der Waals surface area contributed by atoms with Crippen LogP contribution in [0, 0.1) is 13.8 Å². The van der Waals surface area contributed by atoms with Crippen LogP contribution in [0.1, 0.15) is 16.8 Å². The van der Waals surface area contributed by atoms with E-state index in [9.17, 15) is 0 Å². The van der Waals surface area contributed by atoms with Crippen LogP contribution < -0.4 is 5.09 Å². The minimum absolute atomic E-state index is 0.715. The number of pyridine rings is 1. The molecule has 0 aliphatic rings. The lowest BCUT2D eigenvalue weighted by molar-refractivity contribution is 0.639. The van der Waals surface area contributed by atoms with Crippen molar-refractivity contribution in [2.75, 3.05) is 11.6 Å². The van der Waals surface area contributed by atoms with Crippen molar-refractivity contribution in [2.45, 2.75) is 20.3 Å². The zero-order valence-corrected chi connectivity index (χ0v) is 20.1. The van der Waals surface area contributed by atoms with Crippen LogP contribution in [0.3, 0.4) is 0 Å². The Balaban J connectivity index is 1.67. The summed E-state index contributed by atoms with van der Waals surface area (Å²) in [6.07, 6.45) is 2.63. The van der Waals surface area contributed by atoms with Crippen molar-refractivity contribution in [2.24, 2.45) is 0 Å². The molecule has 0 aliphatic carbocycles. The summed E-state index contributed by atoms with van der Waals surface area (Å²) in [6, 6.07) is 27.5. The molecule has 0 saturated carbocycles. The van der Waals surface area contributed by atoms with Crippen LogP contribution in [0.2, 0.25) is 0 Å². The van der Waals surface area contributed by atoms with E-state index in [0.717, 1.165) is 45.2 Å². The Bertz CT molecular complexity index is 1600. The van der Waals surface area contributed by atoms with Crippen molar-refractivity contribution in [3.8, 4) is 0 Å². The number of hydrogen-bond acceptors (Lipinski definition) is 4. The molecule has 6 aromatic rings. The molecule has 0 amide bonds. The maximum atomic E-state index is 6.63. The van der Waals surface area contributed by atoms with Gasteiger partial charge in [-0.25, -0.2) is 5.09 Å². The second-order valence-electron chi connectivity index (χ2n) is 8.66. The van der Waals surface area contributed by atoms with Gasteiger partial charge in [0.25, 0.3) is 0 Å². The van der Waals surface area contributed by atoms with Gasteiger partial charge in [-0.2, -0.15) is 0 Å². The number of hydrogen-bond donors (Lipinski definition) is 1. The minimum atomic E-state index is -1.39. The third-order valence-electron chi connectivity index (χ3n) is 6.32. The number of benzene rings is 4. The van der Waals surface area contributed by atoms with E-state index in [1.807, 2.05) is 24.4 Å². The summed E-state index contributed by atoms with van der Waals surface area (Å²) in [7, 11) is -1.39. The van der Waals surface area contributed by atoms with Gasteiger partial charge in [0.2, 0.25) is 0 Å². The largest absolute Gasteiger partial charge is 0.408 e. The summed E-state index contributed by atoms with van der Waals surface area (Å²) in [4.78, 5) is 4.43. The maximum Gasteiger partial charge on any atom is 0.306 e. The molecule has 0 bridgehead atoms. The molecule has 0 saturated heterocycles. The molecule has 6 rings (SSSR count). The Labute approximate surface area is 198 Å². The summed E-state index contributed by atoms with van der Waals surface area (Å²) in [5, 5.41) is 10.5. The van der Waals surface area contributed by atoms with Gasteiger partial charge in [0.05, 0.1) is 0 Å². The molecule has 0 spiro atoms. The highest BCUT2D eigenvalue weighted by atomic mass is 31.1. The first-order valence-electron chi connectivity index (χ1n) is 11.5. The third kappa shape index (κ3) is 3.66. The summed E-state index contributed by atoms with van der Waals surface area (Å²) < 4.78 is 13.3. The van der Waals surface area contributed by atoms with Crippen molar-refractivity contribution >= 4 is 51.6 Å². The first-order valence-corrected chi connectivity index (χ1v) is 12.7. The number of aromatic nitrogens is 1. The molecule has 168 valence electrons. The fraction of sp³-hybridized carbons (Fsp3) is 0.138. The Morgan fingerprint density at radius 1 is 0.735 bits per heavy atom. The van der Waals surface area contributed by atoms with Gasteiger partial charge >= 0.3 is 8.16 Å². The summed E-state index contributed by atoms with van der Waals surface area (Å²) in [5.74, 6) is 0. The molecule has 0 radical (unpaired) electrons. The second kappa shape index (κ2) is 8.64. The highest BCUT2D eigenvalue weighted by Gasteiger charge is 2.16. The third-order valence-corrected chi connectivity index (χ3v) is 7.50. The Hall–Kier alpha value is -3.59. The van der Waals surface area contributed by atoms with Crippen LogP contribution in [0.4, 0.5) is 0 Å². The normalized spacial score (nSPS) is 11.6. The molecule has 34 heavy (non-hydrogen) atoms. The van der Waals surface area contributed by atoms with E-state index in [1.54, 1.807) is 0 Å². The zero-order valence-electron chi connectivity index (χ0n) is 19.2. The number of rotatable bonds is 4. The van der Waals surface area contributed by atoms with Crippen LogP contribution in [0.15, 0.2) is 93.5 Å². The molecule has 0 unspecified atom stereocenters. The van der Waals surface area contributed by atoms with Crippen LogP contribution in [0.5, 0.6) is 0 Å². The smallest absolute Gasteiger partial charge is 0.306 e. The molecule has 2 aromatic heterocycles. The average Bonchev–Trinajstić information content (AvgIpc) is 3.03. The van der Waals surface area contributed by atoms with Crippen molar-refractivity contribution < 1.29 is 8.39 Å². The van der Waals surface area contributed by atoms with E-state index in [4.69, 9.17) is 8.39 Å². The predicted octanol–water partition coefficient (Wildman–Crippen LogP) is 8.39. The highest BCUT2D eigenvalue weighted by Crippen LogP contribution is 2.42. The lowest BCUT2D eigenvalue weighted by atomic mass is 9.95. The number of nitrogens with one attached hydrogen (secondary N) is 1. The number of fused-ring (bicyclic) bond motifs is 7. The monoisotopic (exact) mass is 464 g/mol. The van der Waals surface area contributed by atoms with Gasteiger partial charge in [-0.05, 0) is 70.8 Å². The maximum absolute atomic E-state index is 6.63. The topological polar surface area (TPSA) is 51.2 Å². The van der Waals surface area contributed by atoms with Crippen molar-refractivity contribution in [3.05, 3.63) is 102 Å². The fourth-order valence-corrected chi connectivity index (χ4v) is 6.00. The molecule has 0 atom stereocenters. The van der Waals surface area contributed by atoms with E-state index >= 15 is 0 Å². The van der Waals surface area contributed by atoms with E-state index in [-0.39, 0.29) is 0 Å². The SMILES string of the molecule is Cc1cc2ccccc2c2c1op(NCCc1ccccn1)oc1c(C)cc3ccccc3c12. The molecule has 5 heteroatoms. The second-order valence-corrected chi connectivity index (χ2v) is 9.85. The number of aryl methyl sites for hydroxylation is 2. The molecule has 2 heterocycles. The first kappa shape index (κ1) is 21.0. The van der Waals surface area contributed by atoms with Crippen molar-refractivity contribution in [1.29, 1.82) is 0 Å². The van der Waals surface area contributed by atoms with Gasteiger partial charge in [-0.3, -0.25) is 4.98 Å². The molecule has 4 aromatic carbocycles. The summed E-state index contributed by atoms with van der Waals surface area (Å²) in [5.41, 5.74) is 5.05. The van der Waals surface area contributed by atoms with Crippen LogP contribution in [-0.4, -0.2) is 11.5 Å². The van der Waals surface area contributed by atoms with Crippen LogP contribution >= 0.6 is 8.16 Å².